The van der Waals surface area contributed by atoms with Crippen molar-refractivity contribution in [3.05, 3.63) is 0 Å². The number of hydrogen-bond acceptors (Lipinski definition) is 1. The fraction of sp³-hybridized carbons (Fsp3) is 1.00. The van der Waals surface area contributed by atoms with Crippen LogP contribution in [0.2, 0.25) is 0 Å². The predicted octanol–water partition coefficient (Wildman–Crippen LogP) is 2.76. The lowest BCUT2D eigenvalue weighted by Gasteiger charge is -2.42. The maximum Gasteiger partial charge on any atom is 0.386 e. The topological polar surface area (TPSA) is 3.24 Å². The van der Waals surface area contributed by atoms with Gasteiger partial charge in [-0.2, -0.15) is 26.3 Å². The molecule has 1 aliphatic heterocycles. The molecule has 0 amide bonds. The normalized spacial score (nSPS) is 29.4. The number of halogens is 7. The Morgan fingerprint density at radius 2 is 1.43 bits per heavy atom. The van der Waals surface area contributed by atoms with Gasteiger partial charge in [-0.05, 0) is 7.05 Å². The summed E-state index contributed by atoms with van der Waals surface area (Å²) in [6, 6.07) is -4.78. The summed E-state index contributed by atoms with van der Waals surface area (Å²) in [5, 5.41) is 0. The highest BCUT2D eigenvalue weighted by Crippen LogP contribution is 2.51. The molecule has 1 saturated heterocycles. The van der Waals surface area contributed by atoms with Crippen LogP contribution in [0.1, 0.15) is 6.42 Å². The van der Waals surface area contributed by atoms with E-state index in [2.05, 4.69) is 0 Å². The van der Waals surface area contributed by atoms with Crippen LogP contribution >= 0.6 is 17.0 Å². The second-order valence-corrected chi connectivity index (χ2v) is 2.99. The molecule has 14 heavy (non-hydrogen) atoms. The highest BCUT2D eigenvalue weighted by Gasteiger charge is 2.75. The summed E-state index contributed by atoms with van der Waals surface area (Å²) in [7, 11) is 0.684. The van der Waals surface area contributed by atoms with Crippen molar-refractivity contribution in [2.24, 2.45) is 0 Å². The van der Waals surface area contributed by atoms with E-state index in [4.69, 9.17) is 0 Å². The number of hydrogen-bond donors (Lipinski definition) is 0. The van der Waals surface area contributed by atoms with Crippen LogP contribution in [-0.4, -0.2) is 36.4 Å². The van der Waals surface area contributed by atoms with E-state index < -0.39 is 30.9 Å². The van der Waals surface area contributed by atoms with Gasteiger partial charge in [0.2, 0.25) is 0 Å². The van der Waals surface area contributed by atoms with E-state index in [0.717, 1.165) is 0 Å². The zero-order valence-corrected chi connectivity index (χ0v) is 8.75. The Balaban J connectivity index is 0.00000169. The summed E-state index contributed by atoms with van der Waals surface area (Å²) in [5.41, 5.74) is 0. The van der Waals surface area contributed by atoms with Gasteiger partial charge in [0.05, 0.1) is 0 Å². The summed E-state index contributed by atoms with van der Waals surface area (Å²) < 4.78 is 74.9. The van der Waals surface area contributed by atoms with E-state index in [0.29, 0.717) is 7.05 Å². The maximum atomic E-state index is 12.6. The van der Waals surface area contributed by atoms with E-state index in [1.54, 1.807) is 0 Å². The van der Waals surface area contributed by atoms with E-state index in [-0.39, 0.29) is 21.9 Å². The van der Waals surface area contributed by atoms with Crippen molar-refractivity contribution in [2.45, 2.75) is 24.3 Å². The zero-order valence-electron chi connectivity index (χ0n) is 7.04. The Hall–Kier alpha value is 0.0200. The van der Waals surface area contributed by atoms with Gasteiger partial charge in [0.1, 0.15) is 0 Å². The van der Waals surface area contributed by atoms with Gasteiger partial charge in [0.25, 0.3) is 0 Å². The zero-order chi connectivity index (χ0) is 10.5. The summed E-state index contributed by atoms with van der Waals surface area (Å²) in [6.45, 7) is -0.754. The molecule has 0 aromatic rings. The lowest BCUT2D eigenvalue weighted by atomic mass is 10.0. The van der Waals surface area contributed by atoms with Gasteiger partial charge in [0, 0.05) is 13.0 Å². The molecule has 0 saturated carbocycles. The third-order valence-corrected chi connectivity index (χ3v) is 2.08. The molecule has 0 spiro atoms. The van der Waals surface area contributed by atoms with Crippen LogP contribution in [0.3, 0.4) is 0 Å². The third-order valence-electron chi connectivity index (χ3n) is 2.08. The lowest BCUT2D eigenvalue weighted by Crippen LogP contribution is -2.66. The molecule has 0 bridgehead atoms. The highest BCUT2D eigenvalue weighted by atomic mass is 79.9. The Kier molecular flexibility index (Phi) is 3.55. The molecule has 1 rings (SSSR count). The molecule has 0 unspecified atom stereocenters. The maximum absolute atomic E-state index is 12.6. The number of piperidine rings is 1. The van der Waals surface area contributed by atoms with E-state index in [1.165, 1.54) is 0 Å². The summed E-state index contributed by atoms with van der Waals surface area (Å²) >= 11 is 0. The van der Waals surface area contributed by atoms with Crippen LogP contribution < -0.4 is 0 Å². The second kappa shape index (κ2) is 3.55. The molecule has 0 aliphatic carbocycles. The minimum Gasteiger partial charge on any atom is -0.242 e. The van der Waals surface area contributed by atoms with E-state index in [9.17, 15) is 26.3 Å². The second-order valence-electron chi connectivity index (χ2n) is 2.99. The van der Waals surface area contributed by atoms with Crippen molar-refractivity contribution in [2.75, 3.05) is 13.6 Å². The van der Waals surface area contributed by atoms with Crippen LogP contribution in [0, 0.1) is 0 Å². The molecule has 0 aromatic heterocycles. The lowest BCUT2D eigenvalue weighted by molar-refractivity contribution is -0.374. The Morgan fingerprint density at radius 3 is 1.79 bits per heavy atom. The molecule has 8 heteroatoms. The van der Waals surface area contributed by atoms with Crippen molar-refractivity contribution in [3.63, 3.8) is 0 Å². The number of nitrogens with zero attached hydrogens (tertiary/aromatic N) is 1. The number of rotatable bonds is 0. The van der Waals surface area contributed by atoms with Gasteiger partial charge < -0.3 is 0 Å². The molecule has 86 valence electrons. The van der Waals surface area contributed by atoms with Crippen molar-refractivity contribution >= 4 is 17.0 Å². The van der Waals surface area contributed by atoms with E-state index in [1.807, 2.05) is 0 Å². The first-order chi connectivity index (χ1) is 5.63. The minimum absolute atomic E-state index is 0. The fourth-order valence-corrected chi connectivity index (χ4v) is 1.07. The van der Waals surface area contributed by atoms with Crippen molar-refractivity contribution in [1.82, 2.24) is 4.90 Å². The Bertz CT molecular complexity index is 218. The number of alkyl halides is 6. The van der Waals surface area contributed by atoms with Crippen LogP contribution in [0.4, 0.5) is 26.3 Å². The van der Waals surface area contributed by atoms with Crippen LogP contribution in [0.25, 0.3) is 0 Å². The van der Waals surface area contributed by atoms with Crippen LogP contribution in [0.5, 0.6) is 0 Å². The molecule has 0 aromatic carbocycles. The minimum atomic E-state index is -5.30. The smallest absolute Gasteiger partial charge is 0.242 e. The van der Waals surface area contributed by atoms with Gasteiger partial charge in [-0.15, -0.1) is 17.0 Å². The van der Waals surface area contributed by atoms with Crippen molar-refractivity contribution < 1.29 is 26.3 Å². The predicted molar refractivity (Wildman–Crippen MR) is 42.4 cm³/mol. The average Bonchev–Trinajstić information content (AvgIpc) is 1.97. The molecular weight excluding hydrogens is 280 g/mol. The quantitative estimate of drug-likeness (QED) is 0.489. The van der Waals surface area contributed by atoms with Gasteiger partial charge in [-0.25, -0.2) is 4.90 Å². The molecule has 1 aliphatic rings. The molecule has 1 heterocycles. The first-order valence-corrected chi connectivity index (χ1v) is 3.47. The molecule has 0 atom stereocenters. The van der Waals surface area contributed by atoms with Crippen molar-refractivity contribution in [3.8, 4) is 0 Å². The molecule has 0 N–H and O–H groups in total. The van der Waals surface area contributed by atoms with Gasteiger partial charge in [-0.3, -0.25) is 0 Å². The SMILES string of the molecule is Br.CN1CCC(F)(F)C(F)(F)C1(F)F. The Morgan fingerprint density at radius 1 is 1.00 bits per heavy atom. The van der Waals surface area contributed by atoms with Gasteiger partial charge in [0.15, 0.2) is 0 Å². The van der Waals surface area contributed by atoms with Crippen LogP contribution in [0.15, 0.2) is 0 Å². The fourth-order valence-electron chi connectivity index (χ4n) is 1.07. The summed E-state index contributed by atoms with van der Waals surface area (Å²) in [5.74, 6) is -9.93. The molecule has 1 nitrogen and oxygen atoms in total. The van der Waals surface area contributed by atoms with Crippen LogP contribution in [-0.2, 0) is 0 Å². The van der Waals surface area contributed by atoms with Gasteiger partial charge >= 0.3 is 17.9 Å². The molecule has 0 radical (unpaired) electrons. The highest BCUT2D eigenvalue weighted by molar-refractivity contribution is 8.93. The largest absolute Gasteiger partial charge is 0.386 e. The molecule has 1 fully saturated rings. The number of likely N-dealkylation sites (tertiary alicyclic amines) is 1. The van der Waals surface area contributed by atoms with Crippen molar-refractivity contribution in [1.29, 1.82) is 0 Å². The standard InChI is InChI=1S/C6H7F6N.BrH/c1-13-3-2-4(7,8)5(9,10)6(13,11)12;/h2-3H2,1H3;1H. The molecular formula is C6H8BrF6N. The van der Waals surface area contributed by atoms with E-state index >= 15 is 0 Å². The first kappa shape index (κ1) is 14.0. The summed E-state index contributed by atoms with van der Waals surface area (Å²) in [6.07, 6.45) is -1.26. The summed E-state index contributed by atoms with van der Waals surface area (Å²) in [4.78, 5) is -0.0651. The monoisotopic (exact) mass is 287 g/mol. The average molecular weight is 288 g/mol. The third kappa shape index (κ3) is 1.62. The first-order valence-electron chi connectivity index (χ1n) is 3.47. The Labute approximate surface area is 86.8 Å². The van der Waals surface area contributed by atoms with Gasteiger partial charge in [-0.1, -0.05) is 0 Å².